The van der Waals surface area contributed by atoms with E-state index in [2.05, 4.69) is 45.1 Å². The fourth-order valence-corrected chi connectivity index (χ4v) is 8.64. The molecule has 0 radical (unpaired) electrons. The van der Waals surface area contributed by atoms with E-state index < -0.39 is 6.10 Å². The number of ether oxygens (including phenoxy) is 3. The van der Waals surface area contributed by atoms with Gasteiger partial charge in [-0.3, -0.25) is 9.59 Å². The Labute approximate surface area is 400 Å². The highest BCUT2D eigenvalue weighted by Gasteiger charge is 2.16. The van der Waals surface area contributed by atoms with Crippen LogP contribution in [0.3, 0.4) is 0 Å². The molecular weight excluding hydrogens is 789 g/mol. The number of allylic oxidation sites excluding steroid dienone is 4. The number of hydrogen-bond donors (Lipinski definition) is 0. The smallest absolute Gasteiger partial charge is 0.305 e. The summed E-state index contributed by atoms with van der Waals surface area (Å²) in [4.78, 5) is 25.3. The van der Waals surface area contributed by atoms with Gasteiger partial charge in [-0.2, -0.15) is 0 Å². The summed E-state index contributed by atoms with van der Waals surface area (Å²) in [7, 11) is 0. The Morgan fingerprint density at radius 3 is 0.938 bits per heavy atom. The van der Waals surface area contributed by atoms with Crippen molar-refractivity contribution in [3.63, 3.8) is 0 Å². The predicted octanol–water partition coefficient (Wildman–Crippen LogP) is 19.6. The van der Waals surface area contributed by atoms with Crippen molar-refractivity contribution in [2.45, 2.75) is 322 Å². The van der Waals surface area contributed by atoms with Gasteiger partial charge in [-0.25, -0.2) is 0 Å². The molecule has 0 rings (SSSR count). The summed E-state index contributed by atoms with van der Waals surface area (Å²) < 4.78 is 17.5. The number of rotatable bonds is 54. The molecule has 0 aliphatic carbocycles. The first-order chi connectivity index (χ1) is 31.6. The van der Waals surface area contributed by atoms with E-state index in [0.29, 0.717) is 19.4 Å². The van der Waals surface area contributed by atoms with Crippen molar-refractivity contribution in [3.8, 4) is 0 Å². The van der Waals surface area contributed by atoms with Crippen molar-refractivity contribution in [2.24, 2.45) is 0 Å². The van der Waals surface area contributed by atoms with Crippen LogP contribution in [0.1, 0.15) is 316 Å². The average Bonchev–Trinajstić information content (AvgIpc) is 3.30. The van der Waals surface area contributed by atoms with Gasteiger partial charge in [0.2, 0.25) is 0 Å². The number of carbonyl (C=O) groups excluding carboxylic acids is 2. The molecule has 0 amide bonds. The van der Waals surface area contributed by atoms with Crippen molar-refractivity contribution in [3.05, 3.63) is 24.3 Å². The van der Waals surface area contributed by atoms with Gasteiger partial charge in [-0.05, 0) is 51.4 Å². The van der Waals surface area contributed by atoms with E-state index in [1.165, 1.54) is 225 Å². The van der Waals surface area contributed by atoms with Crippen LogP contribution in [0.5, 0.6) is 0 Å². The largest absolute Gasteiger partial charge is 0.463 e. The van der Waals surface area contributed by atoms with Gasteiger partial charge in [0.25, 0.3) is 0 Å². The van der Waals surface area contributed by atoms with Crippen molar-refractivity contribution in [1.29, 1.82) is 0 Å². The number of esters is 2. The fraction of sp³-hybridized carbons (Fsp3) is 0.898. The van der Waals surface area contributed by atoms with Gasteiger partial charge in [-0.1, -0.05) is 276 Å². The Hall–Kier alpha value is -1.62. The maximum atomic E-state index is 12.7. The van der Waals surface area contributed by atoms with Gasteiger partial charge in [0.1, 0.15) is 19.3 Å². The second-order valence-electron chi connectivity index (χ2n) is 19.5. The van der Waals surface area contributed by atoms with Crippen LogP contribution in [0.25, 0.3) is 0 Å². The second-order valence-corrected chi connectivity index (χ2v) is 19.5. The quantitative estimate of drug-likeness (QED) is 0.0346. The monoisotopic (exact) mass is 901 g/mol. The molecule has 378 valence electrons. The molecule has 0 spiro atoms. The van der Waals surface area contributed by atoms with E-state index in [1.54, 1.807) is 0 Å². The maximum absolute atomic E-state index is 12.7. The zero-order valence-electron chi connectivity index (χ0n) is 43.6. The third-order valence-corrected chi connectivity index (χ3v) is 13.0. The number of carbonyl (C=O) groups is 2. The molecule has 0 aliphatic rings. The Balaban J connectivity index is 4.22. The van der Waals surface area contributed by atoms with Crippen LogP contribution in [-0.4, -0.2) is 37.9 Å². The predicted molar refractivity (Wildman–Crippen MR) is 279 cm³/mol. The standard InChI is InChI=1S/C59H112O5/c1-4-7-10-13-16-19-22-25-28-30-32-35-38-41-44-47-50-53-59(61)64-56-57(62-54-51-48-45-42-39-36-33-29-26-23-20-17-14-11-8-5-2)55-63-58(60)52-49-46-43-40-37-34-31-27-24-21-18-15-12-9-6-3/h18,21,27,31,57H,4-17,19-20,22-26,28-30,32-56H2,1-3H3/b21-18-,31-27-/t57-/m1/s1. The fourth-order valence-electron chi connectivity index (χ4n) is 8.64. The van der Waals surface area contributed by atoms with Gasteiger partial charge in [0.15, 0.2) is 0 Å². The second kappa shape index (κ2) is 55.7. The molecule has 64 heavy (non-hydrogen) atoms. The van der Waals surface area contributed by atoms with Crippen molar-refractivity contribution >= 4 is 11.9 Å². The number of unbranched alkanes of at least 4 members (excludes halogenated alkanes) is 39. The molecular formula is C59H112O5. The van der Waals surface area contributed by atoms with Gasteiger partial charge >= 0.3 is 11.9 Å². The van der Waals surface area contributed by atoms with Gasteiger partial charge in [-0.15, -0.1) is 0 Å². The summed E-state index contributed by atoms with van der Waals surface area (Å²) in [5.74, 6) is -0.329. The third kappa shape index (κ3) is 53.0. The Morgan fingerprint density at radius 2 is 0.594 bits per heavy atom. The SMILES string of the molecule is CCCCC/C=C\C/C=C\CCCCCCCC(=O)OC[C@H](COC(=O)CCCCCCCCCCCCCCCCCCC)OCCCCCCCCCCCCCCCCCC. The molecule has 5 heteroatoms. The molecule has 5 nitrogen and oxygen atoms in total. The molecule has 0 bridgehead atoms. The van der Waals surface area contributed by atoms with Gasteiger partial charge < -0.3 is 14.2 Å². The van der Waals surface area contributed by atoms with Gasteiger partial charge in [0, 0.05) is 19.4 Å². The minimum absolute atomic E-state index is 0.157. The van der Waals surface area contributed by atoms with E-state index in [-0.39, 0.29) is 25.2 Å². The molecule has 1 atom stereocenters. The van der Waals surface area contributed by atoms with Crippen molar-refractivity contribution in [1.82, 2.24) is 0 Å². The normalized spacial score (nSPS) is 12.2. The summed E-state index contributed by atoms with van der Waals surface area (Å²) in [5, 5.41) is 0. The lowest BCUT2D eigenvalue weighted by Crippen LogP contribution is -2.29. The highest BCUT2D eigenvalue weighted by atomic mass is 16.6. The summed E-state index contributed by atoms with van der Waals surface area (Å²) in [5.41, 5.74) is 0. The van der Waals surface area contributed by atoms with Crippen LogP contribution < -0.4 is 0 Å². The third-order valence-electron chi connectivity index (χ3n) is 13.0. The first kappa shape index (κ1) is 62.4. The zero-order valence-corrected chi connectivity index (χ0v) is 43.6. The Morgan fingerprint density at radius 1 is 0.328 bits per heavy atom. The number of hydrogen-bond acceptors (Lipinski definition) is 5. The molecule has 0 aromatic carbocycles. The van der Waals surface area contributed by atoms with E-state index in [4.69, 9.17) is 14.2 Å². The molecule has 0 fully saturated rings. The summed E-state index contributed by atoms with van der Waals surface area (Å²) >= 11 is 0. The highest BCUT2D eigenvalue weighted by molar-refractivity contribution is 5.69. The van der Waals surface area contributed by atoms with Crippen LogP contribution in [0.4, 0.5) is 0 Å². The van der Waals surface area contributed by atoms with Crippen LogP contribution in [-0.2, 0) is 23.8 Å². The molecule has 0 heterocycles. The lowest BCUT2D eigenvalue weighted by atomic mass is 10.0. The van der Waals surface area contributed by atoms with E-state index >= 15 is 0 Å². The molecule has 0 aliphatic heterocycles. The topological polar surface area (TPSA) is 61.8 Å². The zero-order chi connectivity index (χ0) is 46.3. The van der Waals surface area contributed by atoms with Crippen LogP contribution in [0, 0.1) is 0 Å². The van der Waals surface area contributed by atoms with E-state index in [1.807, 2.05) is 0 Å². The van der Waals surface area contributed by atoms with Crippen molar-refractivity contribution in [2.75, 3.05) is 19.8 Å². The Kier molecular flexibility index (Phi) is 54.3. The lowest BCUT2D eigenvalue weighted by molar-refractivity contribution is -0.155. The van der Waals surface area contributed by atoms with Crippen LogP contribution in [0.2, 0.25) is 0 Å². The minimum Gasteiger partial charge on any atom is -0.463 e. The first-order valence-corrected chi connectivity index (χ1v) is 28.9. The Bertz CT molecular complexity index is 974. The van der Waals surface area contributed by atoms with Crippen LogP contribution >= 0.6 is 0 Å². The van der Waals surface area contributed by atoms with Crippen LogP contribution in [0.15, 0.2) is 24.3 Å². The maximum Gasteiger partial charge on any atom is 0.305 e. The molecule has 0 aromatic heterocycles. The molecule has 0 saturated heterocycles. The highest BCUT2D eigenvalue weighted by Crippen LogP contribution is 2.17. The van der Waals surface area contributed by atoms with Crippen molar-refractivity contribution < 1.29 is 23.8 Å². The summed E-state index contributed by atoms with van der Waals surface area (Å²) in [6.45, 7) is 7.76. The molecule has 0 saturated carbocycles. The average molecular weight is 902 g/mol. The minimum atomic E-state index is -0.399. The van der Waals surface area contributed by atoms with Gasteiger partial charge in [0.05, 0.1) is 0 Å². The first-order valence-electron chi connectivity index (χ1n) is 28.9. The van der Waals surface area contributed by atoms with E-state index in [0.717, 1.165) is 57.8 Å². The summed E-state index contributed by atoms with van der Waals surface area (Å²) in [6, 6.07) is 0. The lowest BCUT2D eigenvalue weighted by Gasteiger charge is -2.18. The molecule has 0 N–H and O–H groups in total. The molecule has 0 unspecified atom stereocenters. The molecule has 0 aromatic rings. The summed E-state index contributed by atoms with van der Waals surface area (Å²) in [6.07, 6.45) is 66.4. The van der Waals surface area contributed by atoms with E-state index in [9.17, 15) is 9.59 Å².